The quantitative estimate of drug-likeness (QED) is 0.899. The summed E-state index contributed by atoms with van der Waals surface area (Å²) in [5.74, 6) is 0.197. The minimum Gasteiger partial charge on any atom is -0.376 e. The fourth-order valence-electron chi connectivity index (χ4n) is 2.35. The van der Waals surface area contributed by atoms with Crippen LogP contribution in [-0.4, -0.2) is 29.9 Å². The molecule has 0 atom stereocenters. The van der Waals surface area contributed by atoms with E-state index in [1.807, 2.05) is 11.8 Å². The van der Waals surface area contributed by atoms with E-state index in [0.717, 1.165) is 29.5 Å². The number of nitrogens with zero attached hydrogens (tertiary/aromatic N) is 1. The minimum absolute atomic E-state index is 0.197. The number of halogens is 1. The first-order valence-corrected chi connectivity index (χ1v) is 7.62. The lowest BCUT2D eigenvalue weighted by atomic mass is 10.1. The molecular formula is C15H21BrN2O. The van der Waals surface area contributed by atoms with E-state index in [0.29, 0.717) is 12.6 Å². The highest BCUT2D eigenvalue weighted by molar-refractivity contribution is 9.10. The summed E-state index contributed by atoms with van der Waals surface area (Å²) in [4.78, 5) is 14.1. The summed E-state index contributed by atoms with van der Waals surface area (Å²) in [6, 6.07) is 4.63. The van der Waals surface area contributed by atoms with Gasteiger partial charge >= 0.3 is 0 Å². The number of carbonyl (C=O) groups is 1. The van der Waals surface area contributed by atoms with Gasteiger partial charge in [-0.2, -0.15) is 0 Å². The molecule has 2 rings (SSSR count). The average molecular weight is 325 g/mol. The molecule has 1 aromatic rings. The highest BCUT2D eigenvalue weighted by Crippen LogP contribution is 2.27. The lowest BCUT2D eigenvalue weighted by Gasteiger charge is -2.21. The Labute approximate surface area is 123 Å². The predicted octanol–water partition coefficient (Wildman–Crippen LogP) is 3.49. The summed E-state index contributed by atoms with van der Waals surface area (Å²) >= 11 is 3.55. The second-order valence-corrected chi connectivity index (χ2v) is 5.98. The van der Waals surface area contributed by atoms with E-state index in [4.69, 9.17) is 0 Å². The largest absolute Gasteiger partial charge is 0.376 e. The van der Waals surface area contributed by atoms with Crippen molar-refractivity contribution in [3.8, 4) is 0 Å². The first-order chi connectivity index (χ1) is 9.02. The van der Waals surface area contributed by atoms with Gasteiger partial charge in [0.25, 0.3) is 0 Å². The Bertz CT molecular complexity index is 460. The lowest BCUT2D eigenvalue weighted by molar-refractivity contribution is -0.129. The van der Waals surface area contributed by atoms with Crippen LogP contribution in [0.2, 0.25) is 0 Å². The Morgan fingerprint density at radius 3 is 2.42 bits per heavy atom. The zero-order valence-corrected chi connectivity index (χ0v) is 13.4. The standard InChI is InChI=1S/C15H21BrN2O/c1-4-18(13-5-6-13)14(19)9-17-12-7-10(2)15(16)11(3)8-12/h7-8,13,17H,4-6,9H2,1-3H3. The van der Waals surface area contributed by atoms with Crippen LogP contribution in [0.5, 0.6) is 0 Å². The molecule has 1 aromatic carbocycles. The van der Waals surface area contributed by atoms with Crippen LogP contribution in [0.15, 0.2) is 16.6 Å². The molecule has 0 aromatic heterocycles. The Kier molecular flexibility index (Phi) is 4.50. The average Bonchev–Trinajstić information content (AvgIpc) is 3.18. The van der Waals surface area contributed by atoms with E-state index in [-0.39, 0.29) is 5.91 Å². The number of aryl methyl sites for hydroxylation is 2. The molecule has 4 heteroatoms. The third-order valence-electron chi connectivity index (χ3n) is 3.53. The van der Waals surface area contributed by atoms with E-state index in [2.05, 4.69) is 47.2 Å². The number of benzene rings is 1. The van der Waals surface area contributed by atoms with Crippen molar-refractivity contribution in [3.63, 3.8) is 0 Å². The Morgan fingerprint density at radius 2 is 1.95 bits per heavy atom. The predicted molar refractivity (Wildman–Crippen MR) is 82.5 cm³/mol. The topological polar surface area (TPSA) is 32.3 Å². The van der Waals surface area contributed by atoms with E-state index < -0.39 is 0 Å². The summed E-state index contributed by atoms with van der Waals surface area (Å²) in [6.45, 7) is 7.36. The van der Waals surface area contributed by atoms with Gasteiger partial charge in [0.15, 0.2) is 0 Å². The molecule has 0 saturated heterocycles. The number of amides is 1. The van der Waals surface area contributed by atoms with Crippen LogP contribution in [0.25, 0.3) is 0 Å². The van der Waals surface area contributed by atoms with Crippen LogP contribution in [0, 0.1) is 13.8 Å². The molecule has 1 aliphatic carbocycles. The molecule has 1 amide bonds. The molecule has 1 aliphatic rings. The number of hydrogen-bond donors (Lipinski definition) is 1. The summed E-state index contributed by atoms with van der Waals surface area (Å²) in [7, 11) is 0. The summed E-state index contributed by atoms with van der Waals surface area (Å²) < 4.78 is 1.14. The molecule has 0 radical (unpaired) electrons. The summed E-state index contributed by atoms with van der Waals surface area (Å²) in [6.07, 6.45) is 2.33. The van der Waals surface area contributed by atoms with Gasteiger partial charge < -0.3 is 10.2 Å². The number of nitrogens with one attached hydrogen (secondary N) is 1. The molecule has 1 saturated carbocycles. The van der Waals surface area contributed by atoms with Crippen LogP contribution in [0.3, 0.4) is 0 Å². The molecule has 0 spiro atoms. The maximum atomic E-state index is 12.1. The molecule has 104 valence electrons. The van der Waals surface area contributed by atoms with Gasteiger partial charge in [0.1, 0.15) is 0 Å². The third kappa shape index (κ3) is 3.50. The number of hydrogen-bond acceptors (Lipinski definition) is 2. The third-order valence-corrected chi connectivity index (χ3v) is 4.78. The highest BCUT2D eigenvalue weighted by Gasteiger charge is 2.30. The molecular weight excluding hydrogens is 304 g/mol. The van der Waals surface area contributed by atoms with Crippen molar-refractivity contribution in [3.05, 3.63) is 27.7 Å². The normalized spacial score (nSPS) is 14.3. The molecule has 1 fully saturated rings. The van der Waals surface area contributed by atoms with Crippen LogP contribution >= 0.6 is 15.9 Å². The fraction of sp³-hybridized carbons (Fsp3) is 0.533. The van der Waals surface area contributed by atoms with Crippen molar-refractivity contribution in [1.29, 1.82) is 0 Å². The van der Waals surface area contributed by atoms with Gasteiger partial charge in [0.2, 0.25) is 5.91 Å². The van der Waals surface area contributed by atoms with Gasteiger partial charge in [0, 0.05) is 22.7 Å². The molecule has 0 unspecified atom stereocenters. The maximum absolute atomic E-state index is 12.1. The van der Waals surface area contributed by atoms with Gasteiger partial charge in [-0.05, 0) is 56.9 Å². The number of rotatable bonds is 5. The zero-order chi connectivity index (χ0) is 14.0. The number of likely N-dealkylation sites (N-methyl/N-ethyl adjacent to an activating group) is 1. The van der Waals surface area contributed by atoms with Gasteiger partial charge in [-0.3, -0.25) is 4.79 Å². The van der Waals surface area contributed by atoms with Gasteiger partial charge in [0.05, 0.1) is 6.54 Å². The second-order valence-electron chi connectivity index (χ2n) is 5.19. The van der Waals surface area contributed by atoms with Crippen molar-refractivity contribution >= 4 is 27.5 Å². The van der Waals surface area contributed by atoms with E-state index in [1.54, 1.807) is 0 Å². The Hall–Kier alpha value is -1.03. The van der Waals surface area contributed by atoms with Crippen molar-refractivity contribution in [2.24, 2.45) is 0 Å². The number of carbonyl (C=O) groups excluding carboxylic acids is 1. The minimum atomic E-state index is 0.197. The van der Waals surface area contributed by atoms with Crippen molar-refractivity contribution in [2.45, 2.75) is 39.7 Å². The van der Waals surface area contributed by atoms with Gasteiger partial charge in [-0.15, -0.1) is 0 Å². The molecule has 3 nitrogen and oxygen atoms in total. The first kappa shape index (κ1) is 14.4. The van der Waals surface area contributed by atoms with Crippen molar-refractivity contribution in [2.75, 3.05) is 18.4 Å². The van der Waals surface area contributed by atoms with Gasteiger partial charge in [-0.1, -0.05) is 15.9 Å². The molecule has 19 heavy (non-hydrogen) atoms. The van der Waals surface area contributed by atoms with Crippen molar-refractivity contribution in [1.82, 2.24) is 4.90 Å². The monoisotopic (exact) mass is 324 g/mol. The van der Waals surface area contributed by atoms with Crippen LogP contribution in [0.4, 0.5) is 5.69 Å². The lowest BCUT2D eigenvalue weighted by Crippen LogP contribution is -2.37. The van der Waals surface area contributed by atoms with E-state index in [1.165, 1.54) is 11.1 Å². The number of anilines is 1. The smallest absolute Gasteiger partial charge is 0.242 e. The summed E-state index contributed by atoms with van der Waals surface area (Å²) in [5, 5.41) is 3.24. The fourth-order valence-corrected chi connectivity index (χ4v) is 2.58. The highest BCUT2D eigenvalue weighted by atomic mass is 79.9. The SMILES string of the molecule is CCN(C(=O)CNc1cc(C)c(Br)c(C)c1)C1CC1. The van der Waals surface area contributed by atoms with Gasteiger partial charge in [-0.25, -0.2) is 0 Å². The first-order valence-electron chi connectivity index (χ1n) is 6.83. The Balaban J connectivity index is 1.96. The maximum Gasteiger partial charge on any atom is 0.242 e. The van der Waals surface area contributed by atoms with Crippen LogP contribution in [0.1, 0.15) is 30.9 Å². The van der Waals surface area contributed by atoms with E-state index in [9.17, 15) is 4.79 Å². The van der Waals surface area contributed by atoms with Crippen molar-refractivity contribution < 1.29 is 4.79 Å². The van der Waals surface area contributed by atoms with Crippen LogP contribution < -0.4 is 5.32 Å². The zero-order valence-electron chi connectivity index (χ0n) is 11.8. The molecule has 0 heterocycles. The molecule has 1 N–H and O–H groups in total. The summed E-state index contributed by atoms with van der Waals surface area (Å²) in [5.41, 5.74) is 3.38. The van der Waals surface area contributed by atoms with E-state index >= 15 is 0 Å². The Morgan fingerprint density at radius 1 is 1.37 bits per heavy atom. The molecule has 0 aliphatic heterocycles. The second kappa shape index (κ2) is 5.95. The van der Waals surface area contributed by atoms with Crippen LogP contribution in [-0.2, 0) is 4.79 Å². The molecule has 0 bridgehead atoms.